The maximum atomic E-state index is 12.9. The van der Waals surface area contributed by atoms with Gasteiger partial charge in [-0.05, 0) is 49.1 Å². The Bertz CT molecular complexity index is 768. The summed E-state index contributed by atoms with van der Waals surface area (Å²) in [6.45, 7) is 1.97. The average Bonchev–Trinajstić information content (AvgIpc) is 2.61. The van der Waals surface area contributed by atoms with Gasteiger partial charge in [-0.25, -0.2) is 0 Å². The number of Topliss-reactive ketones (excluding diaryl/α,β-unsaturated/α-hetero) is 1. The van der Waals surface area contributed by atoms with E-state index in [1.54, 1.807) is 0 Å². The van der Waals surface area contributed by atoms with Crippen LogP contribution in [0, 0.1) is 12.8 Å². The molecular weight excluding hydrogens is 339 g/mol. The van der Waals surface area contributed by atoms with E-state index in [2.05, 4.69) is 5.32 Å². The Morgan fingerprint density at radius 3 is 2.35 bits per heavy atom. The molecule has 1 fully saturated rings. The lowest BCUT2D eigenvalue weighted by Crippen LogP contribution is -2.30. The van der Waals surface area contributed by atoms with Gasteiger partial charge < -0.3 is 5.32 Å². The third-order valence-corrected chi connectivity index (χ3v) is 5.06. The molecule has 2 aromatic carbocycles. The van der Waals surface area contributed by atoms with E-state index in [1.165, 1.54) is 12.1 Å². The van der Waals surface area contributed by atoms with E-state index < -0.39 is 11.7 Å². The molecule has 2 aromatic rings. The quantitative estimate of drug-likeness (QED) is 0.732. The SMILES string of the molecule is Cc1ccccc1N[C@@H](c1ccc(C(F)(F)F)cc1)[C@@H]1CCCCC1=O. The van der Waals surface area contributed by atoms with Crippen LogP contribution in [-0.2, 0) is 11.0 Å². The van der Waals surface area contributed by atoms with Crippen LogP contribution in [0.1, 0.15) is 48.4 Å². The summed E-state index contributed by atoms with van der Waals surface area (Å²) in [6, 6.07) is 12.6. The number of alkyl halides is 3. The molecule has 0 saturated heterocycles. The van der Waals surface area contributed by atoms with Gasteiger partial charge in [0.25, 0.3) is 0 Å². The van der Waals surface area contributed by atoms with Crippen LogP contribution in [0.15, 0.2) is 48.5 Å². The zero-order valence-electron chi connectivity index (χ0n) is 14.6. The molecule has 1 saturated carbocycles. The first-order valence-corrected chi connectivity index (χ1v) is 8.88. The fourth-order valence-electron chi connectivity index (χ4n) is 3.56. The average molecular weight is 361 g/mol. The van der Waals surface area contributed by atoms with Crippen LogP contribution >= 0.6 is 0 Å². The number of hydrogen-bond donors (Lipinski definition) is 1. The third kappa shape index (κ3) is 4.09. The number of ketones is 1. The van der Waals surface area contributed by atoms with Crippen molar-refractivity contribution in [2.45, 2.75) is 44.8 Å². The van der Waals surface area contributed by atoms with Crippen LogP contribution in [0.4, 0.5) is 18.9 Å². The Balaban J connectivity index is 1.94. The van der Waals surface area contributed by atoms with Crippen LogP contribution in [0.2, 0.25) is 0 Å². The minimum absolute atomic E-state index is 0.183. The maximum Gasteiger partial charge on any atom is 0.416 e. The Kier molecular flexibility index (Phi) is 5.35. The number of aryl methyl sites for hydroxylation is 1. The summed E-state index contributed by atoms with van der Waals surface area (Å²) in [6.07, 6.45) is -1.22. The molecule has 3 rings (SSSR count). The molecule has 0 radical (unpaired) electrons. The summed E-state index contributed by atoms with van der Waals surface area (Å²) in [5, 5.41) is 3.42. The molecule has 0 bridgehead atoms. The van der Waals surface area contributed by atoms with Crippen molar-refractivity contribution >= 4 is 11.5 Å². The van der Waals surface area contributed by atoms with Gasteiger partial charge in [-0.1, -0.05) is 36.8 Å². The number of para-hydroxylation sites is 1. The number of hydrogen-bond acceptors (Lipinski definition) is 2. The molecule has 2 atom stereocenters. The first kappa shape index (κ1) is 18.5. The van der Waals surface area contributed by atoms with E-state index in [0.29, 0.717) is 12.0 Å². The summed E-state index contributed by atoms with van der Waals surface area (Å²) in [5.41, 5.74) is 1.97. The van der Waals surface area contributed by atoms with Crippen LogP contribution in [0.3, 0.4) is 0 Å². The lowest BCUT2D eigenvalue weighted by atomic mass is 9.79. The van der Waals surface area contributed by atoms with Crippen molar-refractivity contribution < 1.29 is 18.0 Å². The second kappa shape index (κ2) is 7.52. The van der Waals surface area contributed by atoms with Crippen molar-refractivity contribution in [3.8, 4) is 0 Å². The number of carbonyl (C=O) groups is 1. The Morgan fingerprint density at radius 2 is 1.73 bits per heavy atom. The van der Waals surface area contributed by atoms with Crippen LogP contribution in [0.5, 0.6) is 0 Å². The van der Waals surface area contributed by atoms with Gasteiger partial charge in [0.2, 0.25) is 0 Å². The summed E-state index contributed by atoms with van der Waals surface area (Å²) >= 11 is 0. The Hall–Kier alpha value is -2.30. The Morgan fingerprint density at radius 1 is 1.04 bits per heavy atom. The predicted octanol–water partition coefficient (Wildman–Crippen LogP) is 5.93. The van der Waals surface area contributed by atoms with E-state index in [0.717, 1.165) is 42.6 Å². The normalized spacial score (nSPS) is 19.2. The first-order chi connectivity index (χ1) is 12.4. The minimum Gasteiger partial charge on any atom is -0.377 e. The fourth-order valence-corrected chi connectivity index (χ4v) is 3.56. The number of rotatable bonds is 4. The molecule has 0 spiro atoms. The topological polar surface area (TPSA) is 29.1 Å². The summed E-state index contributed by atoms with van der Waals surface area (Å²) < 4.78 is 38.6. The van der Waals surface area contributed by atoms with Gasteiger partial charge in [0.05, 0.1) is 11.6 Å². The molecule has 2 nitrogen and oxygen atoms in total. The Labute approximate surface area is 151 Å². The second-order valence-electron chi connectivity index (χ2n) is 6.88. The molecule has 0 aliphatic heterocycles. The van der Waals surface area contributed by atoms with Crippen LogP contribution in [-0.4, -0.2) is 5.78 Å². The zero-order valence-corrected chi connectivity index (χ0v) is 14.6. The molecule has 1 aliphatic rings. The summed E-state index contributed by atoms with van der Waals surface area (Å²) in [5.74, 6) is -0.0395. The number of nitrogens with one attached hydrogen (secondary N) is 1. The maximum absolute atomic E-state index is 12.9. The van der Waals surface area contributed by atoms with Crippen molar-refractivity contribution in [1.29, 1.82) is 0 Å². The van der Waals surface area contributed by atoms with Gasteiger partial charge in [0.15, 0.2) is 0 Å². The third-order valence-electron chi connectivity index (χ3n) is 5.06. The number of carbonyl (C=O) groups excluding carboxylic acids is 1. The minimum atomic E-state index is -4.36. The highest BCUT2D eigenvalue weighted by atomic mass is 19.4. The van der Waals surface area contributed by atoms with Crippen LogP contribution in [0.25, 0.3) is 0 Å². The van der Waals surface area contributed by atoms with Gasteiger partial charge in [-0.3, -0.25) is 4.79 Å². The van der Waals surface area contributed by atoms with E-state index in [1.807, 2.05) is 31.2 Å². The fraction of sp³-hybridized carbons (Fsp3) is 0.381. The molecule has 0 unspecified atom stereocenters. The summed E-state index contributed by atoms with van der Waals surface area (Å²) in [7, 11) is 0. The predicted molar refractivity (Wildman–Crippen MR) is 96.0 cm³/mol. The van der Waals surface area contributed by atoms with Crippen molar-refractivity contribution in [3.05, 3.63) is 65.2 Å². The van der Waals surface area contributed by atoms with Gasteiger partial charge in [-0.2, -0.15) is 13.2 Å². The molecular formula is C21H22F3NO. The van der Waals surface area contributed by atoms with Crippen molar-refractivity contribution in [2.24, 2.45) is 5.92 Å². The highest BCUT2D eigenvalue weighted by molar-refractivity contribution is 5.83. The number of benzene rings is 2. The van der Waals surface area contributed by atoms with E-state index in [-0.39, 0.29) is 17.7 Å². The van der Waals surface area contributed by atoms with Crippen molar-refractivity contribution in [2.75, 3.05) is 5.32 Å². The monoisotopic (exact) mass is 361 g/mol. The molecule has 0 amide bonds. The van der Waals surface area contributed by atoms with Crippen molar-refractivity contribution in [3.63, 3.8) is 0 Å². The molecule has 5 heteroatoms. The molecule has 1 N–H and O–H groups in total. The molecule has 0 aromatic heterocycles. The largest absolute Gasteiger partial charge is 0.416 e. The number of halogens is 3. The lowest BCUT2D eigenvalue weighted by molar-refractivity contribution is -0.137. The number of anilines is 1. The molecule has 1 aliphatic carbocycles. The summed E-state index contributed by atoms with van der Waals surface area (Å²) in [4.78, 5) is 12.5. The van der Waals surface area contributed by atoms with Crippen LogP contribution < -0.4 is 5.32 Å². The van der Waals surface area contributed by atoms with Gasteiger partial charge in [-0.15, -0.1) is 0 Å². The van der Waals surface area contributed by atoms with E-state index >= 15 is 0 Å². The highest BCUT2D eigenvalue weighted by Crippen LogP contribution is 2.37. The molecule has 26 heavy (non-hydrogen) atoms. The van der Waals surface area contributed by atoms with E-state index in [4.69, 9.17) is 0 Å². The second-order valence-corrected chi connectivity index (χ2v) is 6.88. The van der Waals surface area contributed by atoms with Gasteiger partial charge >= 0.3 is 6.18 Å². The van der Waals surface area contributed by atoms with E-state index in [9.17, 15) is 18.0 Å². The zero-order chi connectivity index (χ0) is 18.7. The first-order valence-electron chi connectivity index (χ1n) is 8.88. The smallest absolute Gasteiger partial charge is 0.377 e. The molecule has 0 heterocycles. The highest BCUT2D eigenvalue weighted by Gasteiger charge is 2.33. The standard InChI is InChI=1S/C21H22F3NO/c1-14-6-2-4-8-18(14)25-20(17-7-3-5-9-19(17)26)15-10-12-16(13-11-15)21(22,23)24/h2,4,6,8,10-13,17,20,25H,3,5,7,9H2,1H3/t17-,20+/m1/s1. The molecule has 138 valence electrons. The van der Waals surface area contributed by atoms with Gasteiger partial charge in [0.1, 0.15) is 5.78 Å². The van der Waals surface area contributed by atoms with Gasteiger partial charge in [0, 0.05) is 18.0 Å². The lowest BCUT2D eigenvalue weighted by Gasteiger charge is -2.31. The van der Waals surface area contributed by atoms with Crippen molar-refractivity contribution in [1.82, 2.24) is 0 Å².